The molecule has 0 bridgehead atoms. The van der Waals surface area contributed by atoms with E-state index in [1.54, 1.807) is 6.20 Å². The van der Waals surface area contributed by atoms with Gasteiger partial charge < -0.3 is 10.1 Å². The zero-order chi connectivity index (χ0) is 20.6. The first kappa shape index (κ1) is 21.1. The third-order valence-electron chi connectivity index (χ3n) is 4.48. The van der Waals surface area contributed by atoms with Crippen LogP contribution < -0.4 is 5.32 Å². The summed E-state index contributed by atoms with van der Waals surface area (Å²) in [5, 5.41) is 3.81. The smallest absolute Gasteiger partial charge is 0.230 e. The SMILES string of the molecule is CCOCc1ccccc1CNC(=O)CSc1nccn1-c1cc(C)cc(C)c1. The summed E-state index contributed by atoms with van der Waals surface area (Å²) in [5.41, 5.74) is 5.65. The number of rotatable bonds is 9. The Balaban J connectivity index is 1.58. The Morgan fingerprint density at radius 1 is 1.14 bits per heavy atom. The molecule has 0 aliphatic heterocycles. The van der Waals surface area contributed by atoms with Gasteiger partial charge >= 0.3 is 0 Å². The summed E-state index contributed by atoms with van der Waals surface area (Å²) in [6, 6.07) is 14.4. The van der Waals surface area contributed by atoms with Gasteiger partial charge in [0.05, 0.1) is 12.4 Å². The third kappa shape index (κ3) is 5.95. The normalized spacial score (nSPS) is 10.9. The van der Waals surface area contributed by atoms with Gasteiger partial charge in [-0.1, -0.05) is 42.1 Å². The highest BCUT2D eigenvalue weighted by Gasteiger charge is 2.10. The van der Waals surface area contributed by atoms with Crippen LogP contribution in [0.1, 0.15) is 29.2 Å². The molecule has 0 aliphatic carbocycles. The first-order valence-electron chi connectivity index (χ1n) is 9.73. The molecule has 1 heterocycles. The van der Waals surface area contributed by atoms with Gasteiger partial charge in [0.2, 0.25) is 5.91 Å². The fraction of sp³-hybridized carbons (Fsp3) is 0.304. The van der Waals surface area contributed by atoms with E-state index in [0.29, 0.717) is 25.5 Å². The molecule has 1 N–H and O–H groups in total. The van der Waals surface area contributed by atoms with E-state index in [2.05, 4.69) is 42.3 Å². The van der Waals surface area contributed by atoms with Crippen molar-refractivity contribution in [2.75, 3.05) is 12.4 Å². The van der Waals surface area contributed by atoms with Crippen molar-refractivity contribution >= 4 is 17.7 Å². The first-order valence-corrected chi connectivity index (χ1v) is 10.7. The molecule has 0 radical (unpaired) electrons. The number of hydrogen-bond acceptors (Lipinski definition) is 4. The molecule has 29 heavy (non-hydrogen) atoms. The number of aromatic nitrogens is 2. The minimum Gasteiger partial charge on any atom is -0.377 e. The summed E-state index contributed by atoms with van der Waals surface area (Å²) in [4.78, 5) is 16.8. The fourth-order valence-electron chi connectivity index (χ4n) is 3.14. The number of thioether (sulfide) groups is 1. The topological polar surface area (TPSA) is 56.1 Å². The summed E-state index contributed by atoms with van der Waals surface area (Å²) in [6.07, 6.45) is 3.69. The van der Waals surface area contributed by atoms with Crippen LogP contribution in [-0.4, -0.2) is 27.8 Å². The number of carbonyl (C=O) groups is 1. The third-order valence-corrected chi connectivity index (χ3v) is 5.45. The van der Waals surface area contributed by atoms with Crippen LogP contribution in [0.3, 0.4) is 0 Å². The predicted octanol–water partition coefficient (Wildman–Crippen LogP) is 4.43. The molecule has 6 heteroatoms. The lowest BCUT2D eigenvalue weighted by Crippen LogP contribution is -2.25. The number of benzene rings is 2. The van der Waals surface area contributed by atoms with Gasteiger partial charge in [0.15, 0.2) is 5.16 Å². The van der Waals surface area contributed by atoms with E-state index in [0.717, 1.165) is 22.0 Å². The van der Waals surface area contributed by atoms with Gasteiger partial charge in [-0.25, -0.2) is 4.98 Å². The standard InChI is InChI=1S/C23H27N3O2S/c1-4-28-15-20-8-6-5-7-19(20)14-25-22(27)16-29-23-24-9-10-26(23)21-12-17(2)11-18(3)13-21/h5-13H,4,14-16H2,1-3H3,(H,25,27). The fourth-order valence-corrected chi connectivity index (χ4v) is 3.94. The van der Waals surface area contributed by atoms with Gasteiger partial charge in [0.1, 0.15) is 0 Å². The Hall–Kier alpha value is -2.57. The molecule has 0 saturated carbocycles. The molecule has 3 aromatic rings. The summed E-state index contributed by atoms with van der Waals surface area (Å²) in [6.45, 7) is 7.86. The van der Waals surface area contributed by atoms with Crippen LogP contribution in [0.4, 0.5) is 0 Å². The second-order valence-corrected chi connectivity index (χ2v) is 7.84. The van der Waals surface area contributed by atoms with Crippen LogP contribution in [-0.2, 0) is 22.7 Å². The number of imidazole rings is 1. The Labute approximate surface area is 176 Å². The number of nitrogens with one attached hydrogen (secondary N) is 1. The van der Waals surface area contributed by atoms with Gasteiger partial charge in [0, 0.05) is 31.2 Å². The molecule has 1 aromatic heterocycles. The highest BCUT2D eigenvalue weighted by atomic mass is 32.2. The molecule has 5 nitrogen and oxygen atoms in total. The van der Waals surface area contributed by atoms with Gasteiger partial charge in [-0.15, -0.1) is 0 Å². The molecule has 3 rings (SSSR count). The van der Waals surface area contributed by atoms with Crippen molar-refractivity contribution < 1.29 is 9.53 Å². The Kier molecular flexibility index (Phi) is 7.49. The molecular weight excluding hydrogens is 382 g/mol. The maximum atomic E-state index is 12.4. The molecule has 0 aliphatic rings. The van der Waals surface area contributed by atoms with E-state index in [1.165, 1.54) is 22.9 Å². The van der Waals surface area contributed by atoms with Crippen LogP contribution in [0.5, 0.6) is 0 Å². The zero-order valence-corrected chi connectivity index (χ0v) is 18.0. The Bertz CT molecular complexity index is 948. The molecule has 2 aromatic carbocycles. The van der Waals surface area contributed by atoms with E-state index < -0.39 is 0 Å². The molecule has 0 spiro atoms. The minimum absolute atomic E-state index is 0.0174. The number of nitrogens with zero attached hydrogens (tertiary/aromatic N) is 2. The lowest BCUT2D eigenvalue weighted by atomic mass is 10.1. The van der Waals surface area contributed by atoms with Gasteiger partial charge in [-0.3, -0.25) is 9.36 Å². The Morgan fingerprint density at radius 2 is 1.86 bits per heavy atom. The van der Waals surface area contributed by atoms with Crippen LogP contribution in [0.2, 0.25) is 0 Å². The van der Waals surface area contributed by atoms with E-state index in [9.17, 15) is 4.79 Å². The molecule has 0 atom stereocenters. The van der Waals surface area contributed by atoms with Crippen LogP contribution >= 0.6 is 11.8 Å². The highest BCUT2D eigenvalue weighted by Crippen LogP contribution is 2.22. The molecule has 1 amide bonds. The van der Waals surface area contributed by atoms with E-state index in [4.69, 9.17) is 4.74 Å². The van der Waals surface area contributed by atoms with Crippen LogP contribution in [0, 0.1) is 13.8 Å². The van der Waals surface area contributed by atoms with E-state index in [1.807, 2.05) is 42.0 Å². The maximum Gasteiger partial charge on any atom is 0.230 e. The average molecular weight is 410 g/mol. The summed E-state index contributed by atoms with van der Waals surface area (Å²) >= 11 is 1.44. The van der Waals surface area contributed by atoms with Crippen molar-refractivity contribution in [3.05, 3.63) is 77.1 Å². The zero-order valence-electron chi connectivity index (χ0n) is 17.1. The summed E-state index contributed by atoms with van der Waals surface area (Å²) in [5.74, 6) is 0.297. The number of amides is 1. The lowest BCUT2D eigenvalue weighted by Gasteiger charge is -2.11. The minimum atomic E-state index is -0.0174. The van der Waals surface area contributed by atoms with Gasteiger partial charge in [0.25, 0.3) is 0 Å². The molecule has 152 valence electrons. The predicted molar refractivity (Wildman–Crippen MR) is 117 cm³/mol. The van der Waals surface area contributed by atoms with E-state index >= 15 is 0 Å². The molecule has 0 fully saturated rings. The second kappa shape index (κ2) is 10.3. The quantitative estimate of drug-likeness (QED) is 0.531. The molecule has 0 unspecified atom stereocenters. The van der Waals surface area contributed by atoms with Crippen LogP contribution in [0.15, 0.2) is 60.0 Å². The molecule has 0 saturated heterocycles. The van der Waals surface area contributed by atoms with Crippen molar-refractivity contribution in [3.63, 3.8) is 0 Å². The van der Waals surface area contributed by atoms with Crippen molar-refractivity contribution in [1.82, 2.24) is 14.9 Å². The van der Waals surface area contributed by atoms with E-state index in [-0.39, 0.29) is 5.91 Å². The summed E-state index contributed by atoms with van der Waals surface area (Å²) < 4.78 is 7.53. The number of ether oxygens (including phenoxy) is 1. The Morgan fingerprint density at radius 3 is 2.59 bits per heavy atom. The summed E-state index contributed by atoms with van der Waals surface area (Å²) in [7, 11) is 0. The van der Waals surface area contributed by atoms with Crippen LogP contribution in [0.25, 0.3) is 5.69 Å². The first-order chi connectivity index (χ1) is 14.1. The van der Waals surface area contributed by atoms with Gasteiger partial charge in [-0.05, 0) is 55.2 Å². The number of aryl methyl sites for hydroxylation is 2. The highest BCUT2D eigenvalue weighted by molar-refractivity contribution is 7.99. The molecular formula is C23H27N3O2S. The van der Waals surface area contributed by atoms with Crippen molar-refractivity contribution in [3.8, 4) is 5.69 Å². The largest absolute Gasteiger partial charge is 0.377 e. The monoisotopic (exact) mass is 409 g/mol. The van der Waals surface area contributed by atoms with Gasteiger partial charge in [-0.2, -0.15) is 0 Å². The average Bonchev–Trinajstić information content (AvgIpc) is 3.17. The second-order valence-electron chi connectivity index (χ2n) is 6.90. The number of hydrogen-bond donors (Lipinski definition) is 1. The number of carbonyl (C=O) groups excluding carboxylic acids is 1. The van der Waals surface area contributed by atoms with Crippen molar-refractivity contribution in [1.29, 1.82) is 0 Å². The lowest BCUT2D eigenvalue weighted by molar-refractivity contribution is -0.118. The van der Waals surface area contributed by atoms with Crippen molar-refractivity contribution in [2.45, 2.75) is 39.1 Å². The van der Waals surface area contributed by atoms with Crippen molar-refractivity contribution in [2.24, 2.45) is 0 Å². The maximum absolute atomic E-state index is 12.4.